The van der Waals surface area contributed by atoms with Gasteiger partial charge in [-0.3, -0.25) is 9.59 Å². The Labute approximate surface area is 105 Å². The number of hydrogen-bond acceptors (Lipinski definition) is 3. The maximum absolute atomic E-state index is 12.0. The zero-order chi connectivity index (χ0) is 13.1. The van der Waals surface area contributed by atoms with E-state index in [4.69, 9.17) is 0 Å². The zero-order valence-corrected chi connectivity index (χ0v) is 10.4. The van der Waals surface area contributed by atoms with Crippen molar-refractivity contribution in [2.45, 2.75) is 19.8 Å². The fraction of sp³-hybridized carbons (Fsp3) is 0.286. The van der Waals surface area contributed by atoms with Gasteiger partial charge < -0.3 is 9.72 Å². The zero-order valence-electron chi connectivity index (χ0n) is 10.4. The number of carbonyl (C=O) groups is 2. The van der Waals surface area contributed by atoms with Gasteiger partial charge in [0.15, 0.2) is 5.78 Å². The van der Waals surface area contributed by atoms with Crippen molar-refractivity contribution in [1.82, 2.24) is 4.98 Å². The van der Waals surface area contributed by atoms with Gasteiger partial charge in [-0.25, -0.2) is 0 Å². The number of methoxy groups -OCH3 is 1. The highest BCUT2D eigenvalue weighted by molar-refractivity contribution is 6.09. The molecule has 94 valence electrons. The Morgan fingerprint density at radius 3 is 2.67 bits per heavy atom. The van der Waals surface area contributed by atoms with Gasteiger partial charge in [0, 0.05) is 28.6 Å². The Bertz CT molecular complexity index is 598. The van der Waals surface area contributed by atoms with E-state index in [9.17, 15) is 9.59 Å². The number of aromatic amines is 1. The van der Waals surface area contributed by atoms with E-state index in [2.05, 4.69) is 9.72 Å². The van der Waals surface area contributed by atoms with Crippen LogP contribution in [-0.2, 0) is 16.0 Å². The molecule has 4 heteroatoms. The Morgan fingerprint density at radius 2 is 2.00 bits per heavy atom. The number of H-pyrrole nitrogens is 1. The van der Waals surface area contributed by atoms with Crippen LogP contribution in [0.15, 0.2) is 24.3 Å². The van der Waals surface area contributed by atoms with Crippen molar-refractivity contribution < 1.29 is 14.3 Å². The molecule has 0 saturated heterocycles. The second kappa shape index (κ2) is 5.04. The van der Waals surface area contributed by atoms with Crippen molar-refractivity contribution in [3.05, 3.63) is 35.5 Å². The van der Waals surface area contributed by atoms with Gasteiger partial charge in [-0.2, -0.15) is 0 Å². The summed E-state index contributed by atoms with van der Waals surface area (Å²) in [6.07, 6.45) is 0.502. The largest absolute Gasteiger partial charge is 0.469 e. The van der Waals surface area contributed by atoms with E-state index < -0.39 is 0 Å². The van der Waals surface area contributed by atoms with Gasteiger partial charge in [0.2, 0.25) is 0 Å². The number of rotatable bonds is 4. The molecule has 1 aromatic carbocycles. The summed E-state index contributed by atoms with van der Waals surface area (Å²) in [5.41, 5.74) is 2.11. The Kier molecular flexibility index (Phi) is 3.46. The fourth-order valence-corrected chi connectivity index (χ4v) is 2.04. The van der Waals surface area contributed by atoms with E-state index in [0.29, 0.717) is 17.7 Å². The van der Waals surface area contributed by atoms with Crippen molar-refractivity contribution in [2.24, 2.45) is 0 Å². The number of Topliss-reactive ketones (excluding diaryl/α,β-unsaturated/α-hetero) is 1. The van der Waals surface area contributed by atoms with Crippen LogP contribution in [0.2, 0.25) is 0 Å². The summed E-state index contributed by atoms with van der Waals surface area (Å²) in [4.78, 5) is 26.5. The van der Waals surface area contributed by atoms with Crippen molar-refractivity contribution in [3.63, 3.8) is 0 Å². The molecule has 0 radical (unpaired) electrons. The lowest BCUT2D eigenvalue weighted by Crippen LogP contribution is -2.09. The quantitative estimate of drug-likeness (QED) is 0.665. The van der Waals surface area contributed by atoms with Crippen molar-refractivity contribution >= 4 is 22.7 Å². The molecule has 1 aromatic heterocycles. The summed E-state index contributed by atoms with van der Waals surface area (Å²) in [7, 11) is 1.34. The first-order valence-corrected chi connectivity index (χ1v) is 5.87. The average Bonchev–Trinajstić information content (AvgIpc) is 2.75. The van der Waals surface area contributed by atoms with E-state index in [1.165, 1.54) is 7.11 Å². The highest BCUT2D eigenvalue weighted by Crippen LogP contribution is 2.24. The van der Waals surface area contributed by atoms with Crippen LogP contribution in [0.3, 0.4) is 0 Å². The number of aromatic nitrogens is 1. The monoisotopic (exact) mass is 245 g/mol. The lowest BCUT2D eigenvalue weighted by molar-refractivity contribution is -0.139. The number of esters is 1. The molecule has 2 aromatic rings. The van der Waals surface area contributed by atoms with Crippen LogP contribution in [0.4, 0.5) is 0 Å². The van der Waals surface area contributed by atoms with Gasteiger partial charge in [0.1, 0.15) is 0 Å². The maximum Gasteiger partial charge on any atom is 0.311 e. The number of ether oxygens (including phenoxy) is 1. The molecule has 0 unspecified atom stereocenters. The maximum atomic E-state index is 12.0. The SMILES string of the molecule is CCC(=O)c1c(CC(=O)OC)[nH]c2ccccc12. The van der Waals surface area contributed by atoms with Crippen LogP contribution < -0.4 is 0 Å². The highest BCUT2D eigenvalue weighted by Gasteiger charge is 2.18. The molecular formula is C14H15NO3. The van der Waals surface area contributed by atoms with Crippen LogP contribution in [0.25, 0.3) is 10.9 Å². The number of ketones is 1. The van der Waals surface area contributed by atoms with Crippen molar-refractivity contribution in [1.29, 1.82) is 0 Å². The fourth-order valence-electron chi connectivity index (χ4n) is 2.04. The van der Waals surface area contributed by atoms with Crippen LogP contribution in [0.1, 0.15) is 29.4 Å². The van der Waals surface area contributed by atoms with Gasteiger partial charge >= 0.3 is 5.97 Å². The number of benzene rings is 1. The average molecular weight is 245 g/mol. The lowest BCUT2D eigenvalue weighted by Gasteiger charge is -2.01. The van der Waals surface area contributed by atoms with E-state index in [-0.39, 0.29) is 18.2 Å². The Morgan fingerprint density at radius 1 is 1.28 bits per heavy atom. The van der Waals surface area contributed by atoms with Crippen LogP contribution in [-0.4, -0.2) is 23.8 Å². The topological polar surface area (TPSA) is 59.2 Å². The summed E-state index contributed by atoms with van der Waals surface area (Å²) in [6, 6.07) is 7.55. The number of nitrogens with one attached hydrogen (secondary N) is 1. The smallest absolute Gasteiger partial charge is 0.311 e. The first-order valence-electron chi connectivity index (χ1n) is 5.87. The van der Waals surface area contributed by atoms with Gasteiger partial charge in [0.05, 0.1) is 13.5 Å². The molecule has 0 aliphatic heterocycles. The molecule has 0 saturated carbocycles. The van der Waals surface area contributed by atoms with E-state index >= 15 is 0 Å². The predicted molar refractivity (Wildman–Crippen MR) is 68.6 cm³/mol. The van der Waals surface area contributed by atoms with E-state index in [0.717, 1.165) is 10.9 Å². The molecule has 0 atom stereocenters. The standard InChI is InChI=1S/C14H15NO3/c1-3-12(16)14-9-6-4-5-7-10(9)15-11(14)8-13(17)18-2/h4-7,15H,3,8H2,1-2H3. The minimum atomic E-state index is -0.355. The van der Waals surface area contributed by atoms with E-state index in [1.54, 1.807) is 0 Å². The molecule has 0 fully saturated rings. The first-order chi connectivity index (χ1) is 8.67. The molecule has 1 heterocycles. The predicted octanol–water partition coefficient (Wildman–Crippen LogP) is 2.48. The number of para-hydroxylation sites is 1. The molecule has 0 amide bonds. The second-order valence-corrected chi connectivity index (χ2v) is 4.05. The molecule has 1 N–H and O–H groups in total. The summed E-state index contributed by atoms with van der Waals surface area (Å²) in [5, 5.41) is 0.864. The van der Waals surface area contributed by atoms with Gasteiger partial charge in [-0.15, -0.1) is 0 Å². The molecule has 0 aliphatic carbocycles. The second-order valence-electron chi connectivity index (χ2n) is 4.05. The molecule has 0 aliphatic rings. The summed E-state index contributed by atoms with van der Waals surface area (Å²) in [6.45, 7) is 1.81. The molecular weight excluding hydrogens is 230 g/mol. The van der Waals surface area contributed by atoms with Crippen molar-refractivity contribution in [3.8, 4) is 0 Å². The number of hydrogen-bond donors (Lipinski definition) is 1. The van der Waals surface area contributed by atoms with Gasteiger partial charge in [-0.05, 0) is 6.07 Å². The number of fused-ring (bicyclic) bond motifs is 1. The lowest BCUT2D eigenvalue weighted by atomic mass is 10.0. The van der Waals surface area contributed by atoms with Crippen LogP contribution in [0.5, 0.6) is 0 Å². The molecule has 0 spiro atoms. The third-order valence-electron chi connectivity index (χ3n) is 2.93. The van der Waals surface area contributed by atoms with Crippen LogP contribution >= 0.6 is 0 Å². The Balaban J connectivity index is 2.57. The third-order valence-corrected chi connectivity index (χ3v) is 2.93. The van der Waals surface area contributed by atoms with Gasteiger partial charge in [0.25, 0.3) is 0 Å². The summed E-state index contributed by atoms with van der Waals surface area (Å²) < 4.78 is 4.65. The third kappa shape index (κ3) is 2.14. The minimum Gasteiger partial charge on any atom is -0.469 e. The molecule has 0 bridgehead atoms. The minimum absolute atomic E-state index is 0.0337. The van der Waals surface area contributed by atoms with Crippen LogP contribution in [0, 0.1) is 0 Å². The molecule has 4 nitrogen and oxygen atoms in total. The van der Waals surface area contributed by atoms with E-state index in [1.807, 2.05) is 31.2 Å². The highest BCUT2D eigenvalue weighted by atomic mass is 16.5. The first kappa shape index (κ1) is 12.4. The normalized spacial score (nSPS) is 10.6. The Hall–Kier alpha value is -2.10. The molecule has 18 heavy (non-hydrogen) atoms. The van der Waals surface area contributed by atoms with Gasteiger partial charge in [-0.1, -0.05) is 25.1 Å². The number of carbonyl (C=O) groups excluding carboxylic acids is 2. The van der Waals surface area contributed by atoms with Crippen molar-refractivity contribution in [2.75, 3.05) is 7.11 Å². The summed E-state index contributed by atoms with van der Waals surface area (Å²) >= 11 is 0. The summed E-state index contributed by atoms with van der Waals surface area (Å²) in [5.74, 6) is -0.321. The molecule has 2 rings (SSSR count).